The van der Waals surface area contributed by atoms with Crippen molar-refractivity contribution >= 4 is 5.91 Å². The first-order chi connectivity index (χ1) is 6.84. The molecule has 88 valence electrons. The molecule has 0 spiro atoms. The van der Waals surface area contributed by atoms with Crippen LogP contribution < -0.4 is 5.73 Å². The van der Waals surface area contributed by atoms with Gasteiger partial charge in [0.15, 0.2) is 0 Å². The highest BCUT2D eigenvalue weighted by molar-refractivity contribution is 5.82. The summed E-state index contributed by atoms with van der Waals surface area (Å²) in [6.07, 6.45) is 2.26. The molecule has 1 heterocycles. The fraction of sp³-hybridized carbons (Fsp3) is 0.917. The molecule has 1 atom stereocenters. The highest BCUT2D eigenvalue weighted by Crippen LogP contribution is 2.34. The predicted octanol–water partition coefficient (Wildman–Crippen LogP) is 1.62. The van der Waals surface area contributed by atoms with Crippen LogP contribution in [0.15, 0.2) is 0 Å². The van der Waals surface area contributed by atoms with Gasteiger partial charge in [-0.2, -0.15) is 0 Å². The van der Waals surface area contributed by atoms with E-state index in [4.69, 9.17) is 5.73 Å². The van der Waals surface area contributed by atoms with E-state index in [0.29, 0.717) is 12.0 Å². The van der Waals surface area contributed by atoms with E-state index in [1.807, 2.05) is 18.7 Å². The lowest BCUT2D eigenvalue weighted by Crippen LogP contribution is -2.44. The van der Waals surface area contributed by atoms with Crippen molar-refractivity contribution in [2.75, 3.05) is 19.6 Å². The van der Waals surface area contributed by atoms with E-state index < -0.39 is 5.41 Å². The van der Waals surface area contributed by atoms with Gasteiger partial charge in [-0.1, -0.05) is 13.8 Å². The van der Waals surface area contributed by atoms with Crippen LogP contribution in [0.1, 0.15) is 40.5 Å². The van der Waals surface area contributed by atoms with Crippen LogP contribution in [0.2, 0.25) is 0 Å². The summed E-state index contributed by atoms with van der Waals surface area (Å²) < 4.78 is 0. The molecule has 1 fully saturated rings. The highest BCUT2D eigenvalue weighted by Gasteiger charge is 2.39. The molecule has 3 heteroatoms. The number of carbonyl (C=O) groups excluding carboxylic acids is 1. The molecule has 0 bridgehead atoms. The molecule has 15 heavy (non-hydrogen) atoms. The number of hydrogen-bond donors (Lipinski definition) is 1. The van der Waals surface area contributed by atoms with Gasteiger partial charge in [-0.15, -0.1) is 0 Å². The molecule has 1 saturated heterocycles. The molecule has 0 aromatic heterocycles. The van der Waals surface area contributed by atoms with Gasteiger partial charge in [0.25, 0.3) is 0 Å². The van der Waals surface area contributed by atoms with Crippen LogP contribution in [0.3, 0.4) is 0 Å². The number of hydrogen-bond acceptors (Lipinski definition) is 2. The number of nitrogens with zero attached hydrogens (tertiary/aromatic N) is 1. The number of rotatable bonds is 3. The van der Waals surface area contributed by atoms with Crippen LogP contribution in [-0.2, 0) is 4.79 Å². The Morgan fingerprint density at radius 3 is 2.53 bits per heavy atom. The summed E-state index contributed by atoms with van der Waals surface area (Å²) in [5.74, 6) is 0.210. The molecule has 3 nitrogen and oxygen atoms in total. The van der Waals surface area contributed by atoms with Crippen molar-refractivity contribution in [3.05, 3.63) is 0 Å². The summed E-state index contributed by atoms with van der Waals surface area (Å²) in [5.41, 5.74) is 5.54. The van der Waals surface area contributed by atoms with Gasteiger partial charge in [0.2, 0.25) is 5.91 Å². The van der Waals surface area contributed by atoms with Crippen LogP contribution >= 0.6 is 0 Å². The third kappa shape index (κ3) is 2.51. The average Bonchev–Trinajstić information content (AvgIpc) is 2.60. The monoisotopic (exact) mass is 212 g/mol. The minimum absolute atomic E-state index is 0.210. The molecule has 0 saturated carbocycles. The Balaban J connectivity index is 2.66. The molecule has 1 aliphatic rings. The lowest BCUT2D eigenvalue weighted by molar-refractivity contribution is -0.139. The van der Waals surface area contributed by atoms with Crippen molar-refractivity contribution in [1.82, 2.24) is 4.90 Å². The molecular formula is C12H24N2O. The fourth-order valence-corrected chi connectivity index (χ4v) is 2.00. The van der Waals surface area contributed by atoms with Gasteiger partial charge in [-0.25, -0.2) is 0 Å². The maximum absolute atomic E-state index is 12.1. The normalized spacial score (nSPS) is 27.1. The van der Waals surface area contributed by atoms with Crippen LogP contribution in [-0.4, -0.2) is 30.4 Å². The Morgan fingerprint density at radius 1 is 1.53 bits per heavy atom. The van der Waals surface area contributed by atoms with E-state index in [-0.39, 0.29) is 5.91 Å². The Kier molecular flexibility index (Phi) is 3.44. The summed E-state index contributed by atoms with van der Waals surface area (Å²) in [5, 5.41) is 0. The molecule has 0 aromatic carbocycles. The first kappa shape index (κ1) is 12.5. The first-order valence-electron chi connectivity index (χ1n) is 5.84. The van der Waals surface area contributed by atoms with Crippen molar-refractivity contribution < 1.29 is 4.79 Å². The minimum Gasteiger partial charge on any atom is -0.342 e. The lowest BCUT2D eigenvalue weighted by Gasteiger charge is -2.29. The average molecular weight is 212 g/mol. The first-order valence-corrected chi connectivity index (χ1v) is 5.84. The van der Waals surface area contributed by atoms with Crippen molar-refractivity contribution in [2.24, 2.45) is 16.6 Å². The molecule has 1 unspecified atom stereocenters. The quantitative estimate of drug-likeness (QED) is 0.772. The molecule has 1 aliphatic heterocycles. The molecular weight excluding hydrogens is 188 g/mol. The largest absolute Gasteiger partial charge is 0.342 e. The molecule has 1 rings (SSSR count). The molecule has 2 N–H and O–H groups in total. The van der Waals surface area contributed by atoms with Gasteiger partial charge in [0, 0.05) is 19.6 Å². The Hall–Kier alpha value is -0.570. The van der Waals surface area contributed by atoms with Gasteiger partial charge in [-0.05, 0) is 32.1 Å². The SMILES string of the molecule is CCC1(C)CCN(C(=O)C(C)(C)CN)C1. The zero-order valence-electron chi connectivity index (χ0n) is 10.5. The Labute approximate surface area is 93.0 Å². The van der Waals surface area contributed by atoms with Crippen LogP contribution in [0, 0.1) is 10.8 Å². The van der Waals surface area contributed by atoms with E-state index in [0.717, 1.165) is 25.9 Å². The number of amides is 1. The smallest absolute Gasteiger partial charge is 0.229 e. The van der Waals surface area contributed by atoms with Crippen LogP contribution in [0.25, 0.3) is 0 Å². The topological polar surface area (TPSA) is 46.3 Å². The highest BCUT2D eigenvalue weighted by atomic mass is 16.2. The summed E-state index contributed by atoms with van der Waals surface area (Å²) in [4.78, 5) is 14.1. The van der Waals surface area contributed by atoms with Gasteiger partial charge < -0.3 is 10.6 Å². The second-order valence-corrected chi connectivity index (χ2v) is 5.73. The Morgan fingerprint density at radius 2 is 2.13 bits per heavy atom. The van der Waals surface area contributed by atoms with E-state index in [9.17, 15) is 4.79 Å². The molecule has 1 amide bonds. The van der Waals surface area contributed by atoms with Crippen molar-refractivity contribution in [1.29, 1.82) is 0 Å². The standard InChI is InChI=1S/C12H24N2O/c1-5-12(4)6-7-14(9-12)10(15)11(2,3)8-13/h5-9,13H2,1-4H3. The van der Waals surface area contributed by atoms with Crippen LogP contribution in [0.4, 0.5) is 0 Å². The zero-order valence-corrected chi connectivity index (χ0v) is 10.5. The van der Waals surface area contributed by atoms with Crippen molar-refractivity contribution in [3.8, 4) is 0 Å². The fourth-order valence-electron chi connectivity index (χ4n) is 2.00. The molecule has 0 aliphatic carbocycles. The van der Waals surface area contributed by atoms with Crippen molar-refractivity contribution in [3.63, 3.8) is 0 Å². The maximum Gasteiger partial charge on any atom is 0.229 e. The van der Waals surface area contributed by atoms with E-state index in [1.165, 1.54) is 0 Å². The molecule has 0 aromatic rings. The van der Waals surface area contributed by atoms with Gasteiger partial charge in [-0.3, -0.25) is 4.79 Å². The zero-order chi connectivity index (χ0) is 11.7. The second kappa shape index (κ2) is 4.12. The predicted molar refractivity (Wildman–Crippen MR) is 62.4 cm³/mol. The summed E-state index contributed by atoms with van der Waals surface area (Å²) in [6, 6.07) is 0. The second-order valence-electron chi connectivity index (χ2n) is 5.73. The third-order valence-electron chi connectivity index (χ3n) is 3.79. The van der Waals surface area contributed by atoms with Crippen LogP contribution in [0.5, 0.6) is 0 Å². The van der Waals surface area contributed by atoms with Gasteiger partial charge in [0.05, 0.1) is 5.41 Å². The number of carbonyl (C=O) groups is 1. The van der Waals surface area contributed by atoms with Gasteiger partial charge in [0.1, 0.15) is 0 Å². The van der Waals surface area contributed by atoms with E-state index >= 15 is 0 Å². The summed E-state index contributed by atoms with van der Waals surface area (Å²) in [7, 11) is 0. The number of likely N-dealkylation sites (tertiary alicyclic amines) is 1. The summed E-state index contributed by atoms with van der Waals surface area (Å²) >= 11 is 0. The van der Waals surface area contributed by atoms with E-state index in [2.05, 4.69) is 13.8 Å². The maximum atomic E-state index is 12.1. The van der Waals surface area contributed by atoms with E-state index in [1.54, 1.807) is 0 Å². The van der Waals surface area contributed by atoms with Crippen molar-refractivity contribution in [2.45, 2.75) is 40.5 Å². The minimum atomic E-state index is -0.404. The Bertz CT molecular complexity index is 250. The molecule has 0 radical (unpaired) electrons. The van der Waals surface area contributed by atoms with Gasteiger partial charge >= 0.3 is 0 Å². The summed E-state index contributed by atoms with van der Waals surface area (Å²) in [6.45, 7) is 10.5. The number of nitrogens with two attached hydrogens (primary N) is 1. The third-order valence-corrected chi connectivity index (χ3v) is 3.79. The lowest BCUT2D eigenvalue weighted by atomic mass is 9.87.